The highest BCUT2D eigenvalue weighted by Crippen LogP contribution is 2.37. The van der Waals surface area contributed by atoms with E-state index in [2.05, 4.69) is 0 Å². The molecular formula is C14H22O2. The van der Waals surface area contributed by atoms with Gasteiger partial charge in [-0.1, -0.05) is 38.8 Å². The van der Waals surface area contributed by atoms with E-state index in [1.54, 1.807) is 7.11 Å². The van der Waals surface area contributed by atoms with Crippen LogP contribution >= 0.6 is 0 Å². The molecule has 0 heterocycles. The highest BCUT2D eigenvalue weighted by atomic mass is 16.5. The van der Waals surface area contributed by atoms with Gasteiger partial charge in [-0.25, -0.2) is 0 Å². The summed E-state index contributed by atoms with van der Waals surface area (Å²) in [5.74, 6) is 1.60. The van der Waals surface area contributed by atoms with Crippen LogP contribution in [-0.4, -0.2) is 12.2 Å². The monoisotopic (exact) mass is 222 g/mol. The van der Waals surface area contributed by atoms with Crippen molar-refractivity contribution in [1.82, 2.24) is 0 Å². The van der Waals surface area contributed by atoms with Gasteiger partial charge in [0, 0.05) is 0 Å². The van der Waals surface area contributed by atoms with Crippen LogP contribution in [0.15, 0.2) is 24.3 Å². The number of aliphatic hydroxyl groups excluding tert-OH is 1. The third kappa shape index (κ3) is 3.86. The molecule has 16 heavy (non-hydrogen) atoms. The van der Waals surface area contributed by atoms with Gasteiger partial charge in [0.05, 0.1) is 13.2 Å². The lowest BCUT2D eigenvalue weighted by atomic mass is 10.0. The van der Waals surface area contributed by atoms with E-state index < -0.39 is 0 Å². The predicted molar refractivity (Wildman–Crippen MR) is 66.6 cm³/mol. The van der Waals surface area contributed by atoms with E-state index in [1.165, 1.54) is 12.8 Å². The van der Waals surface area contributed by atoms with Gasteiger partial charge in [-0.15, -0.1) is 0 Å². The fourth-order valence-corrected chi connectivity index (χ4v) is 1.63. The van der Waals surface area contributed by atoms with Crippen LogP contribution in [0.4, 0.5) is 0 Å². The van der Waals surface area contributed by atoms with Crippen LogP contribution < -0.4 is 4.74 Å². The normalized spacial score (nSPS) is 16.0. The van der Waals surface area contributed by atoms with Crippen LogP contribution in [0, 0.1) is 5.92 Å². The molecular weight excluding hydrogens is 200 g/mol. The molecule has 1 atom stereocenters. The van der Waals surface area contributed by atoms with Gasteiger partial charge < -0.3 is 9.84 Å². The average Bonchev–Trinajstić information content (AvgIpc) is 3.16. The van der Waals surface area contributed by atoms with Crippen molar-refractivity contribution in [2.24, 2.45) is 5.92 Å². The number of methoxy groups -OCH3 is 1. The molecule has 0 radical (unpaired) electrons. The molecule has 1 N–H and O–H groups in total. The molecule has 1 fully saturated rings. The van der Waals surface area contributed by atoms with Crippen LogP contribution in [-0.2, 0) is 0 Å². The van der Waals surface area contributed by atoms with Crippen molar-refractivity contribution >= 4 is 0 Å². The fraction of sp³-hybridized carbons (Fsp3) is 0.571. The molecule has 1 aromatic carbocycles. The van der Waals surface area contributed by atoms with Crippen molar-refractivity contribution in [3.05, 3.63) is 29.8 Å². The predicted octanol–water partition coefficient (Wildman–Crippen LogP) is 3.55. The fourth-order valence-electron chi connectivity index (χ4n) is 1.63. The zero-order valence-electron chi connectivity index (χ0n) is 10.4. The topological polar surface area (TPSA) is 29.5 Å². The lowest BCUT2D eigenvalue weighted by Crippen LogP contribution is -1.98. The SMILES string of the molecule is CC.COc1ccc(C(O)CC2CC2)cc1. The van der Waals surface area contributed by atoms with E-state index in [9.17, 15) is 5.11 Å². The smallest absolute Gasteiger partial charge is 0.118 e. The number of hydrogen-bond acceptors (Lipinski definition) is 2. The number of aliphatic hydroxyl groups is 1. The molecule has 0 bridgehead atoms. The van der Waals surface area contributed by atoms with Gasteiger partial charge in [0.2, 0.25) is 0 Å². The summed E-state index contributed by atoms with van der Waals surface area (Å²) in [6.45, 7) is 4.00. The van der Waals surface area contributed by atoms with Crippen molar-refractivity contribution in [3.8, 4) is 5.75 Å². The molecule has 2 nitrogen and oxygen atoms in total. The molecule has 1 saturated carbocycles. The van der Waals surface area contributed by atoms with E-state index in [0.29, 0.717) is 0 Å². The molecule has 0 aliphatic heterocycles. The van der Waals surface area contributed by atoms with Gasteiger partial charge in [0.1, 0.15) is 5.75 Å². The van der Waals surface area contributed by atoms with E-state index >= 15 is 0 Å². The van der Waals surface area contributed by atoms with E-state index in [4.69, 9.17) is 4.74 Å². The summed E-state index contributed by atoms with van der Waals surface area (Å²) in [7, 11) is 1.65. The quantitative estimate of drug-likeness (QED) is 0.844. The van der Waals surface area contributed by atoms with Crippen LogP contribution in [0.3, 0.4) is 0 Å². The Morgan fingerprint density at radius 2 is 1.81 bits per heavy atom. The number of rotatable bonds is 4. The molecule has 0 aromatic heterocycles. The second-order valence-corrected chi connectivity index (χ2v) is 3.97. The molecule has 1 aliphatic carbocycles. The average molecular weight is 222 g/mol. The number of hydrogen-bond donors (Lipinski definition) is 1. The first-order chi connectivity index (χ1) is 7.79. The van der Waals surface area contributed by atoms with Crippen molar-refractivity contribution in [1.29, 1.82) is 0 Å². The van der Waals surface area contributed by atoms with Gasteiger partial charge >= 0.3 is 0 Å². The summed E-state index contributed by atoms with van der Waals surface area (Å²) in [6.07, 6.45) is 3.18. The second kappa shape index (κ2) is 6.54. The molecule has 2 rings (SSSR count). The largest absolute Gasteiger partial charge is 0.497 e. The molecule has 1 unspecified atom stereocenters. The molecule has 0 saturated heterocycles. The Kier molecular flexibility index (Phi) is 5.33. The van der Waals surface area contributed by atoms with Crippen molar-refractivity contribution in [2.75, 3.05) is 7.11 Å². The zero-order chi connectivity index (χ0) is 12.0. The molecule has 2 heteroatoms. The number of ether oxygens (including phenoxy) is 1. The minimum absolute atomic E-state index is 0.298. The summed E-state index contributed by atoms with van der Waals surface area (Å²) in [5, 5.41) is 9.85. The van der Waals surface area contributed by atoms with E-state index in [-0.39, 0.29) is 6.10 Å². The Bertz CT molecular complexity index is 288. The van der Waals surface area contributed by atoms with Gasteiger partial charge in [-0.2, -0.15) is 0 Å². The summed E-state index contributed by atoms with van der Waals surface area (Å²) in [5.41, 5.74) is 0.998. The summed E-state index contributed by atoms with van der Waals surface area (Å²) in [6, 6.07) is 7.66. The Hall–Kier alpha value is -1.02. The Balaban J connectivity index is 0.000000606. The summed E-state index contributed by atoms with van der Waals surface area (Å²) in [4.78, 5) is 0. The first-order valence-electron chi connectivity index (χ1n) is 6.11. The Morgan fingerprint density at radius 1 is 1.25 bits per heavy atom. The first kappa shape index (κ1) is 13.0. The second-order valence-electron chi connectivity index (χ2n) is 3.97. The van der Waals surface area contributed by atoms with Crippen molar-refractivity contribution < 1.29 is 9.84 Å². The summed E-state index contributed by atoms with van der Waals surface area (Å²) >= 11 is 0. The van der Waals surface area contributed by atoms with E-state index in [1.807, 2.05) is 38.1 Å². The Labute approximate surface area is 98.3 Å². The molecule has 1 aliphatic rings. The lowest BCUT2D eigenvalue weighted by Gasteiger charge is -2.10. The molecule has 90 valence electrons. The summed E-state index contributed by atoms with van der Waals surface area (Å²) < 4.78 is 5.06. The lowest BCUT2D eigenvalue weighted by molar-refractivity contribution is 0.160. The molecule has 0 spiro atoms. The third-order valence-electron chi connectivity index (χ3n) is 2.75. The van der Waals surface area contributed by atoms with Crippen LogP contribution in [0.5, 0.6) is 5.75 Å². The third-order valence-corrected chi connectivity index (χ3v) is 2.75. The van der Waals surface area contributed by atoms with Crippen molar-refractivity contribution in [3.63, 3.8) is 0 Å². The van der Waals surface area contributed by atoms with Crippen LogP contribution in [0.1, 0.15) is 44.8 Å². The minimum Gasteiger partial charge on any atom is -0.497 e. The first-order valence-corrected chi connectivity index (χ1v) is 6.11. The van der Waals surface area contributed by atoms with Gasteiger partial charge in [0.15, 0.2) is 0 Å². The molecule has 0 amide bonds. The van der Waals surface area contributed by atoms with Gasteiger partial charge in [-0.3, -0.25) is 0 Å². The maximum Gasteiger partial charge on any atom is 0.118 e. The number of benzene rings is 1. The maximum absolute atomic E-state index is 9.85. The standard InChI is InChI=1S/C12H16O2.C2H6/c1-14-11-6-4-10(5-7-11)12(13)8-9-2-3-9;1-2/h4-7,9,12-13H,2-3,8H2,1H3;1-2H3. The van der Waals surface area contributed by atoms with E-state index in [0.717, 1.165) is 23.7 Å². The maximum atomic E-state index is 9.85. The van der Waals surface area contributed by atoms with Crippen LogP contribution in [0.2, 0.25) is 0 Å². The highest BCUT2D eigenvalue weighted by molar-refractivity contribution is 5.28. The molecule has 1 aromatic rings. The Morgan fingerprint density at radius 3 is 2.25 bits per heavy atom. The van der Waals surface area contributed by atoms with Gasteiger partial charge in [-0.05, 0) is 30.0 Å². The zero-order valence-corrected chi connectivity index (χ0v) is 10.4. The highest BCUT2D eigenvalue weighted by Gasteiger charge is 2.24. The minimum atomic E-state index is -0.298. The van der Waals surface area contributed by atoms with Crippen LogP contribution in [0.25, 0.3) is 0 Å². The van der Waals surface area contributed by atoms with Crippen molar-refractivity contribution in [2.45, 2.75) is 39.2 Å². The van der Waals surface area contributed by atoms with Gasteiger partial charge in [0.25, 0.3) is 0 Å².